The maximum atomic E-state index is 12.6. The van der Waals surface area contributed by atoms with Gasteiger partial charge in [-0.3, -0.25) is 0 Å². The van der Waals surface area contributed by atoms with Crippen LogP contribution in [-0.2, 0) is 10.0 Å². The first-order chi connectivity index (χ1) is 8.66. The minimum absolute atomic E-state index is 0.110. The van der Waals surface area contributed by atoms with Crippen molar-refractivity contribution in [1.29, 1.82) is 0 Å². The van der Waals surface area contributed by atoms with Crippen molar-refractivity contribution in [3.05, 3.63) is 23.8 Å². The average Bonchev–Trinajstić information content (AvgIpc) is 2.37. The molecule has 0 atom stereocenters. The van der Waals surface area contributed by atoms with E-state index in [0.717, 1.165) is 9.87 Å². The fourth-order valence-electron chi connectivity index (χ4n) is 1.56. The number of aryl methyl sites for hydroxylation is 1. The smallest absolute Gasteiger partial charge is 0.247 e. The van der Waals surface area contributed by atoms with Gasteiger partial charge in [0.05, 0.1) is 19.3 Å². The molecule has 0 aliphatic heterocycles. The van der Waals surface area contributed by atoms with E-state index in [1.807, 2.05) is 6.92 Å². The Morgan fingerprint density at radius 3 is 2.42 bits per heavy atom. The molecule has 108 valence electrons. The molecular formula is C13H21NO4S. The van der Waals surface area contributed by atoms with Crippen LogP contribution in [0.15, 0.2) is 23.1 Å². The van der Waals surface area contributed by atoms with Gasteiger partial charge in [-0.15, -0.1) is 0 Å². The lowest BCUT2D eigenvalue weighted by Gasteiger charge is -2.33. The molecule has 1 aromatic carbocycles. The van der Waals surface area contributed by atoms with Gasteiger partial charge in [-0.1, -0.05) is 6.07 Å². The summed E-state index contributed by atoms with van der Waals surface area (Å²) >= 11 is 0. The summed E-state index contributed by atoms with van der Waals surface area (Å²) in [6.07, 6.45) is 0. The third kappa shape index (κ3) is 3.08. The molecule has 0 bridgehead atoms. The zero-order valence-electron chi connectivity index (χ0n) is 12.0. The molecule has 0 saturated carbocycles. The molecule has 5 nitrogen and oxygen atoms in total. The summed E-state index contributed by atoms with van der Waals surface area (Å²) in [6, 6.07) is 4.98. The monoisotopic (exact) mass is 287 g/mol. The fraction of sp³-hybridized carbons (Fsp3) is 0.538. The van der Waals surface area contributed by atoms with Gasteiger partial charge in [-0.2, -0.15) is 4.31 Å². The maximum absolute atomic E-state index is 12.6. The van der Waals surface area contributed by atoms with Crippen molar-refractivity contribution < 1.29 is 18.3 Å². The third-order valence-corrected chi connectivity index (χ3v) is 5.29. The summed E-state index contributed by atoms with van der Waals surface area (Å²) in [4.78, 5) is 0.110. The van der Waals surface area contributed by atoms with Crippen LogP contribution in [0.2, 0.25) is 0 Å². The number of rotatable bonds is 5. The highest BCUT2D eigenvalue weighted by Crippen LogP contribution is 2.30. The topological polar surface area (TPSA) is 66.8 Å². The minimum atomic E-state index is -3.73. The third-order valence-electron chi connectivity index (χ3n) is 3.20. The second-order valence-electron chi connectivity index (χ2n) is 5.10. The van der Waals surface area contributed by atoms with E-state index in [1.54, 1.807) is 32.0 Å². The summed E-state index contributed by atoms with van der Waals surface area (Å²) in [5.74, 6) is 0.297. The van der Waals surface area contributed by atoms with Crippen LogP contribution in [0.4, 0.5) is 0 Å². The standard InChI is InChI=1S/C13H21NO4S/c1-10-6-7-11(18-5)12(8-10)19(16,17)14(4)13(2,3)9-15/h6-8,15H,9H2,1-5H3. The van der Waals surface area contributed by atoms with Crippen molar-refractivity contribution in [2.75, 3.05) is 20.8 Å². The van der Waals surface area contributed by atoms with Gasteiger partial charge < -0.3 is 9.84 Å². The van der Waals surface area contributed by atoms with Gasteiger partial charge in [0.25, 0.3) is 0 Å². The van der Waals surface area contributed by atoms with Gasteiger partial charge in [-0.05, 0) is 38.5 Å². The van der Waals surface area contributed by atoms with Crippen molar-refractivity contribution in [2.45, 2.75) is 31.2 Å². The lowest BCUT2D eigenvalue weighted by Crippen LogP contribution is -2.47. The van der Waals surface area contributed by atoms with E-state index in [4.69, 9.17) is 4.74 Å². The Labute approximate surface area is 114 Å². The van der Waals surface area contributed by atoms with Gasteiger partial charge in [-0.25, -0.2) is 8.42 Å². The minimum Gasteiger partial charge on any atom is -0.495 e. The van der Waals surface area contributed by atoms with E-state index in [-0.39, 0.29) is 11.5 Å². The number of hydrogen-bond acceptors (Lipinski definition) is 4. The molecule has 0 spiro atoms. The van der Waals surface area contributed by atoms with E-state index < -0.39 is 15.6 Å². The predicted molar refractivity (Wildman–Crippen MR) is 73.8 cm³/mol. The number of likely N-dealkylation sites (N-methyl/N-ethyl adjacent to an activating group) is 1. The zero-order valence-corrected chi connectivity index (χ0v) is 12.8. The second-order valence-corrected chi connectivity index (χ2v) is 7.04. The average molecular weight is 287 g/mol. The number of sulfonamides is 1. The number of aliphatic hydroxyl groups excluding tert-OH is 1. The van der Waals surface area contributed by atoms with Crippen molar-refractivity contribution in [3.8, 4) is 5.75 Å². The van der Waals surface area contributed by atoms with Crippen LogP contribution in [0, 0.1) is 6.92 Å². The molecule has 1 rings (SSSR count). The van der Waals surface area contributed by atoms with Crippen LogP contribution in [-0.4, -0.2) is 44.1 Å². The Hall–Kier alpha value is -1.11. The molecule has 1 N–H and O–H groups in total. The largest absolute Gasteiger partial charge is 0.495 e. The molecule has 19 heavy (non-hydrogen) atoms. The molecule has 0 heterocycles. The number of aliphatic hydroxyl groups is 1. The first-order valence-electron chi connectivity index (χ1n) is 5.91. The first-order valence-corrected chi connectivity index (χ1v) is 7.35. The van der Waals surface area contributed by atoms with Gasteiger partial charge in [0.1, 0.15) is 10.6 Å². The number of methoxy groups -OCH3 is 1. The van der Waals surface area contributed by atoms with Crippen molar-refractivity contribution >= 4 is 10.0 Å². The lowest BCUT2D eigenvalue weighted by atomic mass is 10.1. The molecule has 0 aliphatic carbocycles. The summed E-state index contributed by atoms with van der Waals surface area (Å²) in [5.41, 5.74) is -0.0530. The van der Waals surface area contributed by atoms with Crippen molar-refractivity contribution in [3.63, 3.8) is 0 Å². The van der Waals surface area contributed by atoms with Gasteiger partial charge in [0.2, 0.25) is 10.0 Å². The van der Waals surface area contributed by atoms with E-state index >= 15 is 0 Å². The highest BCUT2D eigenvalue weighted by atomic mass is 32.2. The number of benzene rings is 1. The SMILES string of the molecule is COc1ccc(C)cc1S(=O)(=O)N(C)C(C)(C)CO. The Balaban J connectivity index is 3.39. The molecule has 1 aromatic rings. The predicted octanol–water partition coefficient (Wildman–Crippen LogP) is 1.40. The first kappa shape index (κ1) is 15.9. The van der Waals surface area contributed by atoms with Crippen molar-refractivity contribution in [1.82, 2.24) is 4.31 Å². The van der Waals surface area contributed by atoms with Crippen LogP contribution in [0.5, 0.6) is 5.75 Å². The molecular weight excluding hydrogens is 266 g/mol. The van der Waals surface area contributed by atoms with Gasteiger partial charge in [0, 0.05) is 7.05 Å². The normalized spacial score (nSPS) is 12.8. The molecule has 0 fully saturated rings. The quantitative estimate of drug-likeness (QED) is 0.889. The molecule has 0 aliphatic rings. The van der Waals surface area contributed by atoms with Crippen LogP contribution in [0.25, 0.3) is 0 Å². The lowest BCUT2D eigenvalue weighted by molar-refractivity contribution is 0.137. The molecule has 0 unspecified atom stereocenters. The van der Waals surface area contributed by atoms with Gasteiger partial charge in [0.15, 0.2) is 0 Å². The Kier molecular flexibility index (Phi) is 4.60. The highest BCUT2D eigenvalue weighted by Gasteiger charge is 2.35. The molecule has 0 saturated heterocycles. The summed E-state index contributed by atoms with van der Waals surface area (Å²) in [6.45, 7) is 4.87. The van der Waals surface area contributed by atoms with E-state index in [2.05, 4.69) is 0 Å². The Bertz CT molecular complexity index is 552. The second kappa shape index (κ2) is 5.48. The summed E-state index contributed by atoms with van der Waals surface area (Å²) in [5, 5.41) is 9.32. The van der Waals surface area contributed by atoms with E-state index in [9.17, 15) is 13.5 Å². The van der Waals surface area contributed by atoms with E-state index in [1.165, 1.54) is 14.2 Å². The number of ether oxygens (including phenoxy) is 1. The number of hydrogen-bond donors (Lipinski definition) is 1. The van der Waals surface area contributed by atoms with Crippen LogP contribution >= 0.6 is 0 Å². The molecule has 0 amide bonds. The van der Waals surface area contributed by atoms with Gasteiger partial charge >= 0.3 is 0 Å². The fourth-order valence-corrected chi connectivity index (χ4v) is 3.30. The Morgan fingerprint density at radius 2 is 1.95 bits per heavy atom. The maximum Gasteiger partial charge on any atom is 0.247 e. The van der Waals surface area contributed by atoms with Crippen molar-refractivity contribution in [2.24, 2.45) is 0 Å². The summed E-state index contributed by atoms with van der Waals surface area (Å²) < 4.78 is 31.5. The molecule has 6 heteroatoms. The van der Waals surface area contributed by atoms with E-state index in [0.29, 0.717) is 5.75 Å². The van der Waals surface area contributed by atoms with Crippen LogP contribution < -0.4 is 4.74 Å². The van der Waals surface area contributed by atoms with Crippen LogP contribution in [0.1, 0.15) is 19.4 Å². The molecule has 0 aromatic heterocycles. The van der Waals surface area contributed by atoms with Crippen LogP contribution in [0.3, 0.4) is 0 Å². The number of nitrogens with zero attached hydrogens (tertiary/aromatic N) is 1. The molecule has 0 radical (unpaired) electrons. The zero-order chi connectivity index (χ0) is 14.8. The highest BCUT2D eigenvalue weighted by molar-refractivity contribution is 7.89. The Morgan fingerprint density at radius 1 is 1.37 bits per heavy atom. The summed E-state index contributed by atoms with van der Waals surface area (Å²) in [7, 11) is -0.843.